The van der Waals surface area contributed by atoms with Crippen molar-refractivity contribution in [1.82, 2.24) is 10.3 Å². The summed E-state index contributed by atoms with van der Waals surface area (Å²) >= 11 is 3.44. The first kappa shape index (κ1) is 21.4. The first-order valence-corrected chi connectivity index (χ1v) is 12.5. The van der Waals surface area contributed by atoms with Crippen LogP contribution >= 0.6 is 23.1 Å². The molecule has 5 heteroatoms. The van der Waals surface area contributed by atoms with Crippen LogP contribution in [0.4, 0.5) is 0 Å². The van der Waals surface area contributed by atoms with E-state index in [1.807, 2.05) is 0 Å². The van der Waals surface area contributed by atoms with Crippen molar-refractivity contribution in [3.8, 4) is 10.6 Å². The average molecular weight is 417 g/mol. The zero-order valence-corrected chi connectivity index (χ0v) is 18.8. The van der Waals surface area contributed by atoms with Crippen LogP contribution in [0.1, 0.15) is 61.6 Å². The molecule has 0 atom stereocenters. The molecule has 0 spiro atoms. The molecule has 1 saturated carbocycles. The van der Waals surface area contributed by atoms with E-state index in [4.69, 9.17) is 4.98 Å². The van der Waals surface area contributed by atoms with E-state index in [1.165, 1.54) is 48.1 Å². The number of thiazole rings is 1. The second kappa shape index (κ2) is 11.0. The number of aryl methyl sites for hydroxylation is 2. The van der Waals surface area contributed by atoms with Crippen molar-refractivity contribution in [2.45, 2.75) is 64.5 Å². The van der Waals surface area contributed by atoms with Crippen LogP contribution in [0.3, 0.4) is 0 Å². The average Bonchev–Trinajstić information content (AvgIpc) is 3.09. The Balaban J connectivity index is 1.40. The Labute approximate surface area is 177 Å². The van der Waals surface area contributed by atoms with Crippen molar-refractivity contribution in [3.05, 3.63) is 40.4 Å². The summed E-state index contributed by atoms with van der Waals surface area (Å²) in [5.74, 6) is 2.37. The van der Waals surface area contributed by atoms with Gasteiger partial charge in [-0.3, -0.25) is 4.79 Å². The fourth-order valence-electron chi connectivity index (χ4n) is 3.75. The SMILES string of the molecule is CCc1ccc(-c2nc(C)c(CSCC(=O)NCCC3CCCCC3)s2)cc1. The van der Waals surface area contributed by atoms with Crippen LogP contribution in [0.25, 0.3) is 10.6 Å². The van der Waals surface area contributed by atoms with Crippen molar-refractivity contribution < 1.29 is 4.79 Å². The topological polar surface area (TPSA) is 42.0 Å². The molecule has 0 saturated heterocycles. The molecule has 3 rings (SSSR count). The Kier molecular flexibility index (Phi) is 8.41. The van der Waals surface area contributed by atoms with E-state index >= 15 is 0 Å². The van der Waals surface area contributed by atoms with E-state index in [0.717, 1.165) is 41.8 Å². The summed E-state index contributed by atoms with van der Waals surface area (Å²) < 4.78 is 0. The van der Waals surface area contributed by atoms with Gasteiger partial charge in [0.15, 0.2) is 0 Å². The van der Waals surface area contributed by atoms with Gasteiger partial charge in [0.25, 0.3) is 0 Å². The van der Waals surface area contributed by atoms with Gasteiger partial charge in [0, 0.05) is 22.7 Å². The zero-order chi connectivity index (χ0) is 19.8. The van der Waals surface area contributed by atoms with Crippen LogP contribution in [-0.4, -0.2) is 23.2 Å². The van der Waals surface area contributed by atoms with Crippen molar-refractivity contribution in [2.75, 3.05) is 12.3 Å². The number of carbonyl (C=O) groups is 1. The van der Waals surface area contributed by atoms with Crippen LogP contribution in [0.5, 0.6) is 0 Å². The van der Waals surface area contributed by atoms with Gasteiger partial charge in [-0.25, -0.2) is 4.98 Å². The molecular weight excluding hydrogens is 384 g/mol. The molecule has 1 heterocycles. The Morgan fingerprint density at radius 1 is 1.21 bits per heavy atom. The van der Waals surface area contributed by atoms with Gasteiger partial charge in [0.05, 0.1) is 11.4 Å². The standard InChI is InChI=1S/C23H32N2OS2/c1-3-18-9-11-20(12-10-18)23-25-17(2)21(28-23)15-27-16-22(26)24-14-13-19-7-5-4-6-8-19/h9-12,19H,3-8,13-16H2,1-2H3,(H,24,26). The van der Waals surface area contributed by atoms with E-state index < -0.39 is 0 Å². The lowest BCUT2D eigenvalue weighted by Gasteiger charge is -2.21. The molecule has 1 aromatic carbocycles. The normalized spacial score (nSPS) is 14.9. The van der Waals surface area contributed by atoms with E-state index in [2.05, 4.69) is 43.4 Å². The summed E-state index contributed by atoms with van der Waals surface area (Å²) in [4.78, 5) is 18.1. The maximum Gasteiger partial charge on any atom is 0.230 e. The van der Waals surface area contributed by atoms with E-state index in [-0.39, 0.29) is 5.91 Å². The van der Waals surface area contributed by atoms with Crippen molar-refractivity contribution in [2.24, 2.45) is 5.92 Å². The molecule has 2 aromatic rings. The molecule has 0 unspecified atom stereocenters. The summed E-state index contributed by atoms with van der Waals surface area (Å²) in [6, 6.07) is 8.68. The number of carbonyl (C=O) groups excluding carboxylic acids is 1. The summed E-state index contributed by atoms with van der Waals surface area (Å²) in [5.41, 5.74) is 3.62. The first-order valence-electron chi connectivity index (χ1n) is 10.6. The Morgan fingerprint density at radius 2 is 1.96 bits per heavy atom. The maximum atomic E-state index is 12.1. The number of nitrogens with zero attached hydrogens (tertiary/aromatic N) is 1. The molecule has 3 nitrogen and oxygen atoms in total. The highest BCUT2D eigenvalue weighted by Crippen LogP contribution is 2.30. The Hall–Kier alpha value is -1.33. The molecule has 1 fully saturated rings. The fraction of sp³-hybridized carbons (Fsp3) is 0.565. The zero-order valence-electron chi connectivity index (χ0n) is 17.1. The second-order valence-corrected chi connectivity index (χ2v) is 9.78. The predicted molar refractivity (Wildman–Crippen MR) is 122 cm³/mol. The summed E-state index contributed by atoms with van der Waals surface area (Å²) in [7, 11) is 0. The molecular formula is C23H32N2OS2. The number of rotatable bonds is 9. The van der Waals surface area contributed by atoms with Gasteiger partial charge in [-0.2, -0.15) is 0 Å². The Morgan fingerprint density at radius 3 is 2.68 bits per heavy atom. The minimum atomic E-state index is 0.165. The van der Waals surface area contributed by atoms with Gasteiger partial charge >= 0.3 is 0 Å². The van der Waals surface area contributed by atoms with E-state index in [9.17, 15) is 4.79 Å². The highest BCUT2D eigenvalue weighted by atomic mass is 32.2. The minimum Gasteiger partial charge on any atom is -0.355 e. The van der Waals surface area contributed by atoms with Crippen molar-refractivity contribution in [1.29, 1.82) is 0 Å². The molecule has 1 aromatic heterocycles. The largest absolute Gasteiger partial charge is 0.355 e. The van der Waals surface area contributed by atoms with Gasteiger partial charge in [0.1, 0.15) is 5.01 Å². The van der Waals surface area contributed by atoms with Gasteiger partial charge in [-0.15, -0.1) is 23.1 Å². The number of thioether (sulfide) groups is 1. The summed E-state index contributed by atoms with van der Waals surface area (Å²) in [6.45, 7) is 5.08. The van der Waals surface area contributed by atoms with Crippen LogP contribution in [-0.2, 0) is 17.0 Å². The highest BCUT2D eigenvalue weighted by Gasteiger charge is 2.14. The molecule has 0 bridgehead atoms. The van der Waals surface area contributed by atoms with Gasteiger partial charge < -0.3 is 5.32 Å². The molecule has 152 valence electrons. The number of amides is 1. The number of benzene rings is 1. The molecule has 0 radical (unpaired) electrons. The minimum absolute atomic E-state index is 0.165. The lowest BCUT2D eigenvalue weighted by molar-refractivity contribution is -0.118. The number of nitrogens with one attached hydrogen (secondary N) is 1. The van der Waals surface area contributed by atoms with Crippen LogP contribution in [0.15, 0.2) is 24.3 Å². The van der Waals surface area contributed by atoms with Crippen LogP contribution in [0, 0.1) is 12.8 Å². The molecule has 1 N–H and O–H groups in total. The van der Waals surface area contributed by atoms with Gasteiger partial charge in [0.2, 0.25) is 5.91 Å². The third-order valence-corrected chi connectivity index (χ3v) is 7.92. The molecule has 1 aliphatic carbocycles. The lowest BCUT2D eigenvalue weighted by Crippen LogP contribution is -2.27. The monoisotopic (exact) mass is 416 g/mol. The molecule has 1 amide bonds. The third kappa shape index (κ3) is 6.35. The lowest BCUT2D eigenvalue weighted by atomic mass is 9.87. The fourth-order valence-corrected chi connectivity index (χ4v) is 5.88. The number of aromatic nitrogens is 1. The highest BCUT2D eigenvalue weighted by molar-refractivity contribution is 7.99. The predicted octanol–water partition coefficient (Wildman–Crippen LogP) is 6.00. The maximum absolute atomic E-state index is 12.1. The number of hydrogen-bond acceptors (Lipinski definition) is 4. The van der Waals surface area contributed by atoms with Crippen LogP contribution in [0.2, 0.25) is 0 Å². The first-order chi connectivity index (χ1) is 13.7. The molecule has 1 aliphatic rings. The summed E-state index contributed by atoms with van der Waals surface area (Å²) in [5, 5.41) is 4.18. The smallest absolute Gasteiger partial charge is 0.230 e. The quantitative estimate of drug-likeness (QED) is 0.545. The van der Waals surface area contributed by atoms with Crippen LogP contribution < -0.4 is 5.32 Å². The third-order valence-electron chi connectivity index (χ3n) is 5.57. The van der Waals surface area contributed by atoms with E-state index in [0.29, 0.717) is 5.75 Å². The van der Waals surface area contributed by atoms with Gasteiger partial charge in [-0.05, 0) is 31.2 Å². The van der Waals surface area contributed by atoms with Crippen molar-refractivity contribution in [3.63, 3.8) is 0 Å². The Bertz CT molecular complexity index is 748. The molecule has 28 heavy (non-hydrogen) atoms. The van der Waals surface area contributed by atoms with E-state index in [1.54, 1.807) is 23.1 Å². The second-order valence-electron chi connectivity index (χ2n) is 7.71. The van der Waals surface area contributed by atoms with Crippen molar-refractivity contribution >= 4 is 29.0 Å². The van der Waals surface area contributed by atoms with Gasteiger partial charge in [-0.1, -0.05) is 63.3 Å². The number of hydrogen-bond donors (Lipinski definition) is 1. The molecule has 0 aliphatic heterocycles. The summed E-state index contributed by atoms with van der Waals surface area (Å²) in [6.07, 6.45) is 9.02.